The second-order valence-corrected chi connectivity index (χ2v) is 17.4. The quantitative estimate of drug-likeness (QED) is 0.160. The second kappa shape index (κ2) is 13.0. The molecule has 226 valence electrons. The number of hydrogen-bond donors (Lipinski definition) is 0. The number of rotatable bonds is 8. The molecule has 44 heavy (non-hydrogen) atoms. The van der Waals surface area contributed by atoms with Crippen molar-refractivity contribution >= 4 is 58.6 Å². The van der Waals surface area contributed by atoms with Crippen LogP contribution in [0.4, 0.5) is 5.82 Å². The topological polar surface area (TPSA) is 34.6 Å². The van der Waals surface area contributed by atoms with E-state index in [1.165, 1.54) is 10.4 Å². The van der Waals surface area contributed by atoms with Gasteiger partial charge in [-0.25, -0.2) is 4.98 Å². The third kappa shape index (κ3) is 5.92. The maximum Gasteiger partial charge on any atom is 0.261 e. The maximum atomic E-state index is 7.38. The van der Waals surface area contributed by atoms with Crippen molar-refractivity contribution in [2.24, 2.45) is 0 Å². The van der Waals surface area contributed by atoms with Crippen molar-refractivity contribution in [1.82, 2.24) is 4.98 Å². The average molecular weight is 642 g/mol. The molecule has 4 aromatic carbocycles. The van der Waals surface area contributed by atoms with E-state index in [0.717, 1.165) is 46.5 Å². The third-order valence-corrected chi connectivity index (χ3v) is 14.2. The Kier molecular flexibility index (Phi) is 9.13. The number of morpholine rings is 1. The molecule has 6 rings (SSSR count). The predicted molar refractivity (Wildman–Crippen MR) is 188 cm³/mol. The molecule has 4 nitrogen and oxygen atoms in total. The van der Waals surface area contributed by atoms with E-state index in [4.69, 9.17) is 37.3 Å². The number of pyridine rings is 1. The van der Waals surface area contributed by atoms with E-state index < -0.39 is 8.32 Å². The van der Waals surface area contributed by atoms with Crippen LogP contribution in [0.15, 0.2) is 103 Å². The van der Waals surface area contributed by atoms with Crippen molar-refractivity contribution in [2.75, 3.05) is 37.8 Å². The first-order valence-electron chi connectivity index (χ1n) is 15.2. The van der Waals surface area contributed by atoms with Crippen LogP contribution in [0, 0.1) is 0 Å². The van der Waals surface area contributed by atoms with Gasteiger partial charge in [0.2, 0.25) is 0 Å². The lowest BCUT2D eigenvalue weighted by Gasteiger charge is -2.43. The number of nitrogens with zero attached hydrogens (tertiary/aromatic N) is 2. The number of anilines is 1. The zero-order valence-electron chi connectivity index (χ0n) is 25.5. The van der Waals surface area contributed by atoms with Gasteiger partial charge in [-0.3, -0.25) is 0 Å². The molecule has 7 heteroatoms. The Morgan fingerprint density at radius 1 is 0.818 bits per heavy atom. The number of hydrogen-bond acceptors (Lipinski definition) is 4. The maximum absolute atomic E-state index is 7.38. The fourth-order valence-electron chi connectivity index (χ4n) is 6.57. The van der Waals surface area contributed by atoms with Crippen LogP contribution in [-0.2, 0) is 15.6 Å². The van der Waals surface area contributed by atoms with E-state index >= 15 is 0 Å². The van der Waals surface area contributed by atoms with Crippen molar-refractivity contribution in [3.8, 4) is 11.1 Å². The standard InChI is InChI=1S/C37H38Cl2N2O2Si/c1-37(2,3)44(28-12-6-4-7-13-28,29-14-8-5-9-15-29)43-23-20-31-35(30-16-10-11-17-33(30)39)32-26-27(38)18-19-34(32)40-36(31)41-21-24-42-25-22-41/h4-19,26H,20-25H2,1-3H3. The van der Waals surface area contributed by atoms with E-state index in [2.05, 4.69) is 92.4 Å². The van der Waals surface area contributed by atoms with Gasteiger partial charge in [0.25, 0.3) is 8.32 Å². The van der Waals surface area contributed by atoms with Gasteiger partial charge in [0, 0.05) is 46.3 Å². The molecule has 2 heterocycles. The summed E-state index contributed by atoms with van der Waals surface area (Å²) < 4.78 is 13.1. The summed E-state index contributed by atoms with van der Waals surface area (Å²) in [5, 5.41) is 4.76. The lowest BCUT2D eigenvalue weighted by molar-refractivity contribution is 0.122. The zero-order chi connectivity index (χ0) is 30.7. The fourth-order valence-corrected chi connectivity index (χ4v) is 11.5. The summed E-state index contributed by atoms with van der Waals surface area (Å²) in [5.74, 6) is 0.962. The van der Waals surface area contributed by atoms with E-state index in [1.54, 1.807) is 0 Å². The highest BCUT2D eigenvalue weighted by atomic mass is 35.5. The van der Waals surface area contributed by atoms with Gasteiger partial charge in [-0.1, -0.05) is 123 Å². The van der Waals surface area contributed by atoms with Gasteiger partial charge in [-0.2, -0.15) is 0 Å². The van der Waals surface area contributed by atoms with Crippen LogP contribution in [0.5, 0.6) is 0 Å². The number of aromatic nitrogens is 1. The molecule has 0 saturated carbocycles. The number of halogens is 2. The molecule has 1 saturated heterocycles. The van der Waals surface area contributed by atoms with Crippen molar-refractivity contribution in [3.05, 3.63) is 119 Å². The molecule has 0 atom stereocenters. The van der Waals surface area contributed by atoms with Gasteiger partial charge in [-0.05, 0) is 51.7 Å². The smallest absolute Gasteiger partial charge is 0.261 e. The summed E-state index contributed by atoms with van der Waals surface area (Å²) in [6.45, 7) is 10.3. The Morgan fingerprint density at radius 2 is 1.43 bits per heavy atom. The molecule has 5 aromatic rings. The molecule has 1 fully saturated rings. The van der Waals surface area contributed by atoms with Gasteiger partial charge in [0.15, 0.2) is 0 Å². The highest BCUT2D eigenvalue weighted by Gasteiger charge is 2.50. The Morgan fingerprint density at radius 3 is 2.05 bits per heavy atom. The summed E-state index contributed by atoms with van der Waals surface area (Å²) in [6, 6.07) is 35.6. The van der Waals surface area contributed by atoms with Gasteiger partial charge in [-0.15, -0.1) is 0 Å². The molecule has 1 aliphatic heterocycles. The zero-order valence-corrected chi connectivity index (χ0v) is 28.0. The monoisotopic (exact) mass is 640 g/mol. The molecular weight excluding hydrogens is 603 g/mol. The lowest BCUT2D eigenvalue weighted by atomic mass is 9.93. The SMILES string of the molecule is CC(C)(C)[Si](OCCc1c(N2CCOCC2)nc2ccc(Cl)cc2c1-c1ccccc1Cl)(c1ccccc1)c1ccccc1. The third-order valence-electron chi connectivity index (χ3n) is 8.57. The summed E-state index contributed by atoms with van der Waals surface area (Å²) in [4.78, 5) is 7.60. The Bertz CT molecular complexity index is 1700. The summed E-state index contributed by atoms with van der Waals surface area (Å²) in [7, 11) is -2.73. The highest BCUT2D eigenvalue weighted by Crippen LogP contribution is 2.42. The summed E-state index contributed by atoms with van der Waals surface area (Å²) >= 11 is 13.5. The average Bonchev–Trinajstić information content (AvgIpc) is 3.04. The summed E-state index contributed by atoms with van der Waals surface area (Å²) in [6.07, 6.45) is 0.660. The van der Waals surface area contributed by atoms with E-state index in [0.29, 0.717) is 36.3 Å². The lowest BCUT2D eigenvalue weighted by Crippen LogP contribution is -2.66. The molecule has 1 aliphatic rings. The number of fused-ring (bicyclic) bond motifs is 1. The first-order chi connectivity index (χ1) is 21.3. The Labute approximate surface area is 271 Å². The largest absolute Gasteiger partial charge is 0.407 e. The first-order valence-corrected chi connectivity index (χ1v) is 17.9. The Balaban J connectivity index is 1.52. The van der Waals surface area contributed by atoms with Crippen LogP contribution in [0.25, 0.3) is 22.0 Å². The molecule has 0 radical (unpaired) electrons. The first kappa shape index (κ1) is 30.8. The van der Waals surface area contributed by atoms with E-state index in [9.17, 15) is 0 Å². The molecule has 0 N–H and O–H groups in total. The predicted octanol–water partition coefficient (Wildman–Crippen LogP) is 8.16. The van der Waals surface area contributed by atoms with Crippen molar-refractivity contribution in [2.45, 2.75) is 32.2 Å². The summed E-state index contributed by atoms with van der Waals surface area (Å²) in [5.41, 5.74) is 4.05. The molecule has 0 aliphatic carbocycles. The minimum Gasteiger partial charge on any atom is -0.407 e. The molecule has 0 amide bonds. The number of benzene rings is 4. The van der Waals surface area contributed by atoms with Crippen LogP contribution in [0.2, 0.25) is 15.1 Å². The minimum atomic E-state index is -2.73. The normalized spacial score (nSPS) is 14.2. The second-order valence-electron chi connectivity index (χ2n) is 12.3. The van der Waals surface area contributed by atoms with E-state index in [1.807, 2.05) is 36.4 Å². The van der Waals surface area contributed by atoms with Crippen molar-refractivity contribution < 1.29 is 9.16 Å². The Hall–Kier alpha value is -3.19. The van der Waals surface area contributed by atoms with Crippen LogP contribution < -0.4 is 15.3 Å². The van der Waals surface area contributed by atoms with Gasteiger partial charge in [0.1, 0.15) is 5.82 Å². The highest BCUT2D eigenvalue weighted by molar-refractivity contribution is 6.99. The van der Waals surface area contributed by atoms with Gasteiger partial charge in [0.05, 0.1) is 18.7 Å². The fraction of sp³-hybridized carbons (Fsp3) is 0.270. The minimum absolute atomic E-state index is 0.122. The molecule has 0 spiro atoms. The molecule has 0 unspecified atom stereocenters. The van der Waals surface area contributed by atoms with Crippen molar-refractivity contribution in [3.63, 3.8) is 0 Å². The van der Waals surface area contributed by atoms with Gasteiger partial charge < -0.3 is 14.1 Å². The molecular formula is C37H38Cl2N2O2Si. The van der Waals surface area contributed by atoms with E-state index in [-0.39, 0.29) is 5.04 Å². The van der Waals surface area contributed by atoms with Crippen molar-refractivity contribution in [1.29, 1.82) is 0 Å². The van der Waals surface area contributed by atoms with Crippen LogP contribution in [0.3, 0.4) is 0 Å². The molecule has 0 bridgehead atoms. The van der Waals surface area contributed by atoms with Crippen LogP contribution >= 0.6 is 23.2 Å². The van der Waals surface area contributed by atoms with Crippen LogP contribution in [0.1, 0.15) is 26.3 Å². The van der Waals surface area contributed by atoms with Crippen LogP contribution in [-0.4, -0.2) is 46.2 Å². The van der Waals surface area contributed by atoms with Gasteiger partial charge >= 0.3 is 0 Å². The molecule has 1 aromatic heterocycles. The number of ether oxygens (including phenoxy) is 1.